The summed E-state index contributed by atoms with van der Waals surface area (Å²) in [6, 6.07) is -0.789. The molecule has 7 heteroatoms. The van der Waals surface area contributed by atoms with Crippen LogP contribution < -0.4 is 16.1 Å². The number of hydroxylamine groups is 1. The van der Waals surface area contributed by atoms with Crippen LogP contribution in [0.3, 0.4) is 0 Å². The van der Waals surface area contributed by atoms with Gasteiger partial charge in [0.05, 0.1) is 13.2 Å². The molecule has 0 heterocycles. The van der Waals surface area contributed by atoms with Gasteiger partial charge >= 0.3 is 12.0 Å². The first-order chi connectivity index (χ1) is 5.16. The molecule has 5 N–H and O–H groups in total. The molecule has 0 spiro atoms. The van der Waals surface area contributed by atoms with Crippen molar-refractivity contribution in [1.29, 1.82) is 0 Å². The van der Waals surface area contributed by atoms with Crippen molar-refractivity contribution in [3.05, 3.63) is 0 Å². The zero-order chi connectivity index (χ0) is 8.69. The highest BCUT2D eigenvalue weighted by molar-refractivity contribution is 5.72. The third-order valence-electron chi connectivity index (χ3n) is 0.752. The highest BCUT2D eigenvalue weighted by atomic mass is 16.5. The molecule has 7 nitrogen and oxygen atoms in total. The Bertz CT molecular complexity index is 148. The molecule has 0 fully saturated rings. The van der Waals surface area contributed by atoms with Gasteiger partial charge < -0.3 is 10.4 Å². The van der Waals surface area contributed by atoms with E-state index in [1.54, 1.807) is 0 Å². The SMILES string of the molecule is O=C(O)CNCNC(=O)NO. The fourth-order valence-electron chi connectivity index (χ4n) is 0.352. The summed E-state index contributed by atoms with van der Waals surface area (Å²) >= 11 is 0. The van der Waals surface area contributed by atoms with Crippen LogP contribution >= 0.6 is 0 Å². The Morgan fingerprint density at radius 3 is 2.45 bits per heavy atom. The van der Waals surface area contributed by atoms with E-state index in [4.69, 9.17) is 10.3 Å². The second kappa shape index (κ2) is 5.45. The number of urea groups is 1. The van der Waals surface area contributed by atoms with E-state index in [9.17, 15) is 9.59 Å². The molecule has 0 saturated carbocycles. The number of carboxylic acid groups (broad SMARTS) is 1. The van der Waals surface area contributed by atoms with Gasteiger partial charge in [-0.1, -0.05) is 0 Å². The molecule has 2 amide bonds. The molecule has 0 aliphatic heterocycles. The molecular weight excluding hydrogens is 154 g/mol. The van der Waals surface area contributed by atoms with Crippen molar-refractivity contribution in [3.8, 4) is 0 Å². The van der Waals surface area contributed by atoms with E-state index in [2.05, 4.69) is 10.6 Å². The van der Waals surface area contributed by atoms with Gasteiger partial charge in [-0.2, -0.15) is 0 Å². The lowest BCUT2D eigenvalue weighted by Gasteiger charge is -2.02. The number of hydrogen-bond donors (Lipinski definition) is 5. The predicted molar refractivity (Wildman–Crippen MR) is 34.0 cm³/mol. The van der Waals surface area contributed by atoms with E-state index in [1.807, 2.05) is 0 Å². The Labute approximate surface area is 62.3 Å². The lowest BCUT2D eigenvalue weighted by Crippen LogP contribution is -2.40. The summed E-state index contributed by atoms with van der Waals surface area (Å²) < 4.78 is 0. The number of rotatable bonds is 4. The topological polar surface area (TPSA) is 111 Å². The maximum atomic E-state index is 10.2. The molecule has 0 aromatic carbocycles. The smallest absolute Gasteiger partial charge is 0.339 e. The van der Waals surface area contributed by atoms with Crippen LogP contribution in [0.25, 0.3) is 0 Å². The number of carbonyl (C=O) groups excluding carboxylic acids is 1. The molecule has 64 valence electrons. The van der Waals surface area contributed by atoms with E-state index in [0.717, 1.165) is 0 Å². The highest BCUT2D eigenvalue weighted by Crippen LogP contribution is 1.60. The van der Waals surface area contributed by atoms with Gasteiger partial charge in [0, 0.05) is 0 Å². The zero-order valence-electron chi connectivity index (χ0n) is 5.63. The van der Waals surface area contributed by atoms with Gasteiger partial charge in [-0.25, -0.2) is 10.3 Å². The van der Waals surface area contributed by atoms with Gasteiger partial charge in [0.2, 0.25) is 0 Å². The molecule has 0 aliphatic carbocycles. The van der Waals surface area contributed by atoms with Gasteiger partial charge in [0.1, 0.15) is 0 Å². The standard InChI is InChI=1S/C4H9N3O4/c8-3(9)1-5-2-6-4(10)7-11/h5,11H,1-2H2,(H,8,9)(H2,6,7,10). The fraction of sp³-hybridized carbons (Fsp3) is 0.500. The molecule has 0 atom stereocenters. The van der Waals surface area contributed by atoms with Crippen LogP contribution in [0.2, 0.25) is 0 Å². The molecule has 0 saturated heterocycles. The van der Waals surface area contributed by atoms with Crippen molar-refractivity contribution in [3.63, 3.8) is 0 Å². The van der Waals surface area contributed by atoms with E-state index < -0.39 is 12.0 Å². The van der Waals surface area contributed by atoms with E-state index in [0.29, 0.717) is 0 Å². The van der Waals surface area contributed by atoms with Crippen LogP contribution in [0.1, 0.15) is 0 Å². The van der Waals surface area contributed by atoms with Crippen LogP contribution in [0.15, 0.2) is 0 Å². The lowest BCUT2D eigenvalue weighted by molar-refractivity contribution is -0.135. The molecule has 0 radical (unpaired) electrons. The third-order valence-corrected chi connectivity index (χ3v) is 0.752. The van der Waals surface area contributed by atoms with E-state index in [1.165, 1.54) is 5.48 Å². The minimum Gasteiger partial charge on any atom is -0.480 e. The summed E-state index contributed by atoms with van der Waals surface area (Å²) in [5, 5.41) is 20.5. The molecule has 11 heavy (non-hydrogen) atoms. The molecule has 0 aromatic heterocycles. The molecule has 0 aromatic rings. The Morgan fingerprint density at radius 1 is 1.36 bits per heavy atom. The molecule has 0 unspecified atom stereocenters. The van der Waals surface area contributed by atoms with Gasteiger partial charge in [0.15, 0.2) is 0 Å². The molecular formula is C4H9N3O4. The first-order valence-corrected chi connectivity index (χ1v) is 2.77. The second-order valence-electron chi connectivity index (χ2n) is 1.61. The van der Waals surface area contributed by atoms with Crippen molar-refractivity contribution in [2.45, 2.75) is 0 Å². The van der Waals surface area contributed by atoms with Gasteiger partial charge in [-0.05, 0) is 0 Å². The van der Waals surface area contributed by atoms with Crippen LogP contribution in [-0.4, -0.2) is 35.5 Å². The van der Waals surface area contributed by atoms with Gasteiger partial charge in [0.25, 0.3) is 0 Å². The lowest BCUT2D eigenvalue weighted by atomic mass is 10.6. The summed E-state index contributed by atoms with van der Waals surface area (Å²) in [5.74, 6) is -1.02. The van der Waals surface area contributed by atoms with Crippen molar-refractivity contribution in [1.82, 2.24) is 16.1 Å². The van der Waals surface area contributed by atoms with Gasteiger partial charge in [-0.3, -0.25) is 15.3 Å². The Hall–Kier alpha value is -1.34. The molecule has 0 bridgehead atoms. The molecule has 0 aliphatic rings. The third kappa shape index (κ3) is 6.55. The Kier molecular flexibility index (Phi) is 4.78. The van der Waals surface area contributed by atoms with E-state index >= 15 is 0 Å². The summed E-state index contributed by atoms with van der Waals surface area (Å²) in [4.78, 5) is 20.1. The second-order valence-corrected chi connectivity index (χ2v) is 1.61. The highest BCUT2D eigenvalue weighted by Gasteiger charge is 1.96. The monoisotopic (exact) mass is 163 g/mol. The number of carbonyl (C=O) groups is 2. The maximum absolute atomic E-state index is 10.2. The number of hydrogen-bond acceptors (Lipinski definition) is 4. The zero-order valence-corrected chi connectivity index (χ0v) is 5.63. The van der Waals surface area contributed by atoms with E-state index in [-0.39, 0.29) is 13.2 Å². The normalized spacial score (nSPS) is 8.82. The van der Waals surface area contributed by atoms with Crippen molar-refractivity contribution in [2.75, 3.05) is 13.2 Å². The predicted octanol–water partition coefficient (Wildman–Crippen LogP) is -1.69. The largest absolute Gasteiger partial charge is 0.480 e. The number of carboxylic acids is 1. The Morgan fingerprint density at radius 2 is 2.00 bits per heavy atom. The van der Waals surface area contributed by atoms with Gasteiger partial charge in [-0.15, -0.1) is 0 Å². The van der Waals surface area contributed by atoms with Crippen LogP contribution in [0.5, 0.6) is 0 Å². The maximum Gasteiger partial charge on any atom is 0.339 e. The average Bonchev–Trinajstić information content (AvgIpc) is 1.97. The number of amides is 2. The van der Waals surface area contributed by atoms with Crippen molar-refractivity contribution in [2.24, 2.45) is 0 Å². The summed E-state index contributed by atoms with van der Waals surface area (Å²) in [5.41, 5.74) is 1.32. The Balaban J connectivity index is 3.14. The summed E-state index contributed by atoms with van der Waals surface area (Å²) in [6.07, 6.45) is 0. The summed E-state index contributed by atoms with van der Waals surface area (Å²) in [7, 11) is 0. The number of nitrogens with one attached hydrogen (secondary N) is 3. The quantitative estimate of drug-likeness (QED) is 0.147. The van der Waals surface area contributed by atoms with Crippen LogP contribution in [-0.2, 0) is 4.79 Å². The fourth-order valence-corrected chi connectivity index (χ4v) is 0.352. The average molecular weight is 163 g/mol. The minimum atomic E-state index is -1.02. The minimum absolute atomic E-state index is 0.0152. The van der Waals surface area contributed by atoms with Crippen LogP contribution in [0, 0.1) is 0 Å². The van der Waals surface area contributed by atoms with Crippen molar-refractivity contribution >= 4 is 12.0 Å². The molecule has 0 rings (SSSR count). The summed E-state index contributed by atoms with van der Waals surface area (Å²) in [6.45, 7) is -0.260. The first-order valence-electron chi connectivity index (χ1n) is 2.77. The number of aliphatic carboxylic acids is 1. The van der Waals surface area contributed by atoms with Crippen molar-refractivity contribution < 1.29 is 19.9 Å². The van der Waals surface area contributed by atoms with Crippen LogP contribution in [0.4, 0.5) is 4.79 Å². The first kappa shape index (κ1) is 9.66.